The maximum atomic E-state index is 12.6. The van der Waals surface area contributed by atoms with E-state index in [-0.39, 0.29) is 12.1 Å². The molecule has 0 aliphatic carbocycles. The minimum Gasteiger partial charge on any atom is -0.493 e. The Morgan fingerprint density at radius 2 is 1.79 bits per heavy atom. The molecule has 156 valence electrons. The van der Waals surface area contributed by atoms with Crippen molar-refractivity contribution in [2.45, 2.75) is 26.4 Å². The Bertz CT molecular complexity index is 868. The van der Waals surface area contributed by atoms with Crippen LogP contribution in [0.25, 0.3) is 0 Å². The summed E-state index contributed by atoms with van der Waals surface area (Å²) in [6.07, 6.45) is 0.578. The summed E-state index contributed by atoms with van der Waals surface area (Å²) in [5, 5.41) is 0.359. The molecule has 0 radical (unpaired) electrons. The number of aliphatic imine (C=N–C) groups is 1. The van der Waals surface area contributed by atoms with Crippen molar-refractivity contribution < 1.29 is 19.0 Å². The summed E-state index contributed by atoms with van der Waals surface area (Å²) in [7, 11) is 5.05. The molecule has 1 amide bonds. The van der Waals surface area contributed by atoms with Gasteiger partial charge >= 0.3 is 0 Å². The van der Waals surface area contributed by atoms with Gasteiger partial charge in [0.2, 0.25) is 0 Å². The number of nitrogens with zero attached hydrogens (tertiary/aromatic N) is 2. The minimum absolute atomic E-state index is 0.128. The zero-order valence-corrected chi connectivity index (χ0v) is 18.2. The topological polar surface area (TPSA) is 60.4 Å². The number of hydrogen-bond acceptors (Lipinski definition) is 4. The third-order valence-corrected chi connectivity index (χ3v) is 4.48. The molecule has 0 unspecified atom stereocenters. The molecule has 0 heterocycles. The number of ether oxygens (including phenoxy) is 3. The second kappa shape index (κ2) is 10.7. The van der Waals surface area contributed by atoms with E-state index in [2.05, 4.69) is 4.99 Å². The molecule has 0 N–H and O–H groups in total. The van der Waals surface area contributed by atoms with Crippen LogP contribution in [-0.4, -0.2) is 50.7 Å². The van der Waals surface area contributed by atoms with E-state index >= 15 is 0 Å². The summed E-state index contributed by atoms with van der Waals surface area (Å²) in [5.74, 6) is 0.915. The highest BCUT2D eigenvalue weighted by molar-refractivity contribution is 6.34. The fraction of sp³-hybridized carbons (Fsp3) is 0.364. The largest absolute Gasteiger partial charge is 0.493 e. The van der Waals surface area contributed by atoms with Crippen LogP contribution >= 0.6 is 11.6 Å². The molecule has 0 aliphatic rings. The molecule has 29 heavy (non-hydrogen) atoms. The molecule has 0 saturated carbocycles. The molecule has 0 aliphatic heterocycles. The van der Waals surface area contributed by atoms with Crippen molar-refractivity contribution in [3.05, 3.63) is 58.6 Å². The van der Waals surface area contributed by atoms with Gasteiger partial charge < -0.3 is 19.1 Å². The van der Waals surface area contributed by atoms with Crippen LogP contribution in [0.4, 0.5) is 0 Å². The van der Waals surface area contributed by atoms with Gasteiger partial charge in [0.15, 0.2) is 11.5 Å². The standard InChI is InChI=1S/C22H27ClN2O4/c1-15(2)29-22(24-21(26)17-8-6-7-9-18(17)23)25(3)13-12-16-10-11-19(27-4)20(14-16)28-5/h6-11,14-15H,12-13H2,1-5H3. The first-order chi connectivity index (χ1) is 13.8. The molecule has 0 bridgehead atoms. The van der Waals surface area contributed by atoms with Gasteiger partial charge in [-0.1, -0.05) is 29.8 Å². The zero-order chi connectivity index (χ0) is 21.4. The first-order valence-corrected chi connectivity index (χ1v) is 9.69. The molecule has 2 aromatic rings. The molecular formula is C22H27ClN2O4. The fourth-order valence-corrected chi connectivity index (χ4v) is 2.84. The average molecular weight is 419 g/mol. The molecule has 7 heteroatoms. The van der Waals surface area contributed by atoms with Crippen LogP contribution in [0.15, 0.2) is 47.5 Å². The molecule has 2 rings (SSSR count). The Hall–Kier alpha value is -2.73. The van der Waals surface area contributed by atoms with E-state index in [9.17, 15) is 4.79 Å². The lowest BCUT2D eigenvalue weighted by molar-refractivity contribution is 0.0990. The molecule has 0 aromatic heterocycles. The van der Waals surface area contributed by atoms with Crippen molar-refractivity contribution >= 4 is 23.5 Å². The number of carbonyl (C=O) groups excluding carboxylic acids is 1. The molecule has 0 spiro atoms. The van der Waals surface area contributed by atoms with E-state index < -0.39 is 5.91 Å². The van der Waals surface area contributed by atoms with Crippen molar-refractivity contribution in [2.75, 3.05) is 27.8 Å². The Kier molecular flexibility index (Phi) is 8.34. The highest BCUT2D eigenvalue weighted by Crippen LogP contribution is 2.27. The average Bonchev–Trinajstić information content (AvgIpc) is 2.71. The summed E-state index contributed by atoms with van der Waals surface area (Å²) in [5.41, 5.74) is 1.41. The molecule has 0 atom stereocenters. The molecular weight excluding hydrogens is 392 g/mol. The number of hydrogen-bond donors (Lipinski definition) is 0. The van der Waals surface area contributed by atoms with Crippen molar-refractivity contribution in [1.82, 2.24) is 4.90 Å². The fourth-order valence-electron chi connectivity index (χ4n) is 2.62. The normalized spacial score (nSPS) is 11.3. The van der Waals surface area contributed by atoms with Gasteiger partial charge in [-0.2, -0.15) is 4.99 Å². The highest BCUT2D eigenvalue weighted by atomic mass is 35.5. The number of benzene rings is 2. The SMILES string of the molecule is COc1ccc(CCN(C)C(=NC(=O)c2ccccc2Cl)OC(C)C)cc1OC. The first-order valence-electron chi connectivity index (χ1n) is 9.32. The lowest BCUT2D eigenvalue weighted by Gasteiger charge is -2.23. The monoisotopic (exact) mass is 418 g/mol. The summed E-state index contributed by atoms with van der Waals surface area (Å²) < 4.78 is 16.4. The number of likely N-dealkylation sites (N-methyl/N-ethyl adjacent to an activating group) is 1. The Balaban J connectivity index is 2.15. The number of carbonyl (C=O) groups is 1. The number of halogens is 1. The lowest BCUT2D eigenvalue weighted by Crippen LogP contribution is -2.33. The van der Waals surface area contributed by atoms with Crippen molar-refractivity contribution in [3.63, 3.8) is 0 Å². The van der Waals surface area contributed by atoms with Gasteiger partial charge in [-0.25, -0.2) is 0 Å². The van der Waals surface area contributed by atoms with E-state index in [1.54, 1.807) is 38.5 Å². The maximum Gasteiger partial charge on any atom is 0.295 e. The molecule has 0 fully saturated rings. The Morgan fingerprint density at radius 1 is 1.10 bits per heavy atom. The van der Waals surface area contributed by atoms with Crippen LogP contribution < -0.4 is 9.47 Å². The quantitative estimate of drug-likeness (QED) is 0.491. The highest BCUT2D eigenvalue weighted by Gasteiger charge is 2.16. The molecule has 0 saturated heterocycles. The van der Waals surface area contributed by atoms with Gasteiger partial charge in [0.25, 0.3) is 11.9 Å². The third-order valence-electron chi connectivity index (χ3n) is 4.15. The second-order valence-electron chi connectivity index (χ2n) is 6.71. The van der Waals surface area contributed by atoms with Crippen LogP contribution in [0, 0.1) is 0 Å². The third kappa shape index (κ3) is 6.39. The van der Waals surface area contributed by atoms with E-state index in [0.717, 1.165) is 5.56 Å². The van der Waals surface area contributed by atoms with Crippen LogP contribution in [0.2, 0.25) is 5.02 Å². The lowest BCUT2D eigenvalue weighted by atomic mass is 10.1. The smallest absolute Gasteiger partial charge is 0.295 e. The van der Waals surface area contributed by atoms with E-state index in [1.165, 1.54) is 0 Å². The summed E-state index contributed by atoms with van der Waals surface area (Å²) in [4.78, 5) is 18.6. The van der Waals surface area contributed by atoms with Crippen molar-refractivity contribution in [1.29, 1.82) is 0 Å². The number of rotatable bonds is 7. The molecule has 6 nitrogen and oxygen atoms in total. The van der Waals surface area contributed by atoms with Crippen LogP contribution in [-0.2, 0) is 11.2 Å². The first kappa shape index (κ1) is 22.6. The Morgan fingerprint density at radius 3 is 2.41 bits per heavy atom. The summed E-state index contributed by atoms with van der Waals surface area (Å²) in [6.45, 7) is 4.37. The minimum atomic E-state index is -0.441. The summed E-state index contributed by atoms with van der Waals surface area (Å²) in [6, 6.07) is 12.9. The van der Waals surface area contributed by atoms with E-state index in [1.807, 2.05) is 44.0 Å². The van der Waals surface area contributed by atoms with Gasteiger partial charge in [0.05, 0.1) is 30.9 Å². The van der Waals surface area contributed by atoms with Gasteiger partial charge in [0.1, 0.15) is 0 Å². The van der Waals surface area contributed by atoms with Crippen LogP contribution in [0.5, 0.6) is 11.5 Å². The predicted molar refractivity (Wildman–Crippen MR) is 115 cm³/mol. The second-order valence-corrected chi connectivity index (χ2v) is 7.11. The zero-order valence-electron chi connectivity index (χ0n) is 17.4. The number of amides is 1. The van der Waals surface area contributed by atoms with Gasteiger partial charge in [-0.3, -0.25) is 4.79 Å². The van der Waals surface area contributed by atoms with E-state index in [4.69, 9.17) is 25.8 Å². The molecule has 2 aromatic carbocycles. The van der Waals surface area contributed by atoms with Gasteiger partial charge in [-0.15, -0.1) is 0 Å². The van der Waals surface area contributed by atoms with E-state index in [0.29, 0.717) is 35.1 Å². The summed E-state index contributed by atoms with van der Waals surface area (Å²) >= 11 is 6.12. The van der Waals surface area contributed by atoms with Crippen LogP contribution in [0.3, 0.4) is 0 Å². The maximum absolute atomic E-state index is 12.6. The van der Waals surface area contributed by atoms with Crippen molar-refractivity contribution in [3.8, 4) is 11.5 Å². The van der Waals surface area contributed by atoms with Gasteiger partial charge in [0, 0.05) is 13.6 Å². The predicted octanol–water partition coefficient (Wildman–Crippen LogP) is 4.45. The Labute approximate surface area is 177 Å². The van der Waals surface area contributed by atoms with Crippen LogP contribution in [0.1, 0.15) is 29.8 Å². The van der Waals surface area contributed by atoms with Crippen molar-refractivity contribution in [2.24, 2.45) is 4.99 Å². The number of amidine groups is 1. The van der Waals surface area contributed by atoms with Gasteiger partial charge in [-0.05, 0) is 50.1 Å². The number of methoxy groups -OCH3 is 2.